The van der Waals surface area contributed by atoms with E-state index in [-0.39, 0.29) is 24.6 Å². The van der Waals surface area contributed by atoms with Gasteiger partial charge in [0.2, 0.25) is 0 Å². The summed E-state index contributed by atoms with van der Waals surface area (Å²) in [5.41, 5.74) is 0. The van der Waals surface area contributed by atoms with Gasteiger partial charge in [-0.3, -0.25) is 4.79 Å². The molecule has 4 nitrogen and oxygen atoms in total. The van der Waals surface area contributed by atoms with Gasteiger partial charge in [0.05, 0.1) is 6.07 Å². The SMILES string of the molecule is N#CCN(C(=O)C1CCCCO1)C1CCCC1. The Balaban J connectivity index is 1.98. The van der Waals surface area contributed by atoms with Crippen LogP contribution >= 0.6 is 0 Å². The Kier molecular flexibility index (Phi) is 4.38. The summed E-state index contributed by atoms with van der Waals surface area (Å²) in [5, 5.41) is 8.86. The van der Waals surface area contributed by atoms with Crippen LogP contribution in [0.5, 0.6) is 0 Å². The van der Waals surface area contributed by atoms with E-state index in [1.54, 1.807) is 4.90 Å². The molecule has 1 saturated carbocycles. The van der Waals surface area contributed by atoms with Gasteiger partial charge in [0, 0.05) is 12.6 Å². The van der Waals surface area contributed by atoms with E-state index >= 15 is 0 Å². The minimum Gasteiger partial charge on any atom is -0.368 e. The number of carbonyl (C=O) groups excluding carboxylic acids is 1. The number of nitrogens with zero attached hydrogens (tertiary/aromatic N) is 2. The second-order valence-corrected chi connectivity index (χ2v) is 4.92. The summed E-state index contributed by atoms with van der Waals surface area (Å²) < 4.78 is 5.53. The van der Waals surface area contributed by atoms with Crippen LogP contribution < -0.4 is 0 Å². The second-order valence-electron chi connectivity index (χ2n) is 4.92. The highest BCUT2D eigenvalue weighted by molar-refractivity contribution is 5.81. The molecule has 2 rings (SSSR count). The molecule has 1 aliphatic heterocycles. The maximum atomic E-state index is 12.3. The van der Waals surface area contributed by atoms with Gasteiger partial charge in [-0.25, -0.2) is 0 Å². The van der Waals surface area contributed by atoms with E-state index in [1.807, 2.05) is 0 Å². The summed E-state index contributed by atoms with van der Waals surface area (Å²) in [4.78, 5) is 14.1. The molecule has 1 aliphatic carbocycles. The maximum Gasteiger partial charge on any atom is 0.252 e. The van der Waals surface area contributed by atoms with Crippen molar-refractivity contribution in [1.29, 1.82) is 5.26 Å². The van der Waals surface area contributed by atoms with Gasteiger partial charge in [-0.1, -0.05) is 12.8 Å². The van der Waals surface area contributed by atoms with Crippen LogP contribution in [0.15, 0.2) is 0 Å². The Morgan fingerprint density at radius 3 is 2.53 bits per heavy atom. The Morgan fingerprint density at radius 2 is 1.94 bits per heavy atom. The average Bonchev–Trinajstić information content (AvgIpc) is 2.90. The summed E-state index contributed by atoms with van der Waals surface area (Å²) in [6.07, 6.45) is 7.05. The van der Waals surface area contributed by atoms with Gasteiger partial charge in [0.15, 0.2) is 0 Å². The van der Waals surface area contributed by atoms with Crippen molar-refractivity contribution in [2.45, 2.75) is 57.1 Å². The van der Waals surface area contributed by atoms with Crippen molar-refractivity contribution in [3.8, 4) is 6.07 Å². The number of rotatable bonds is 3. The predicted octanol–water partition coefficient (Wildman–Crippen LogP) is 1.85. The molecule has 0 N–H and O–H groups in total. The zero-order valence-electron chi connectivity index (χ0n) is 10.2. The summed E-state index contributed by atoms with van der Waals surface area (Å²) >= 11 is 0. The van der Waals surface area contributed by atoms with E-state index in [9.17, 15) is 4.79 Å². The van der Waals surface area contributed by atoms with E-state index in [0.29, 0.717) is 6.61 Å². The maximum absolute atomic E-state index is 12.3. The van der Waals surface area contributed by atoms with E-state index in [4.69, 9.17) is 10.00 Å². The molecule has 17 heavy (non-hydrogen) atoms. The molecule has 1 saturated heterocycles. The van der Waals surface area contributed by atoms with Crippen molar-refractivity contribution in [2.24, 2.45) is 0 Å². The quantitative estimate of drug-likeness (QED) is 0.703. The van der Waals surface area contributed by atoms with Crippen LogP contribution in [0, 0.1) is 11.3 Å². The first kappa shape index (κ1) is 12.4. The van der Waals surface area contributed by atoms with Gasteiger partial charge < -0.3 is 9.64 Å². The molecule has 1 heterocycles. The standard InChI is InChI=1S/C13H20N2O2/c14-8-9-15(11-5-1-2-6-11)13(16)12-7-3-4-10-17-12/h11-12H,1-7,9-10H2. The molecule has 0 aromatic carbocycles. The zero-order chi connectivity index (χ0) is 12.1. The van der Waals surface area contributed by atoms with Crippen molar-refractivity contribution in [3.05, 3.63) is 0 Å². The molecule has 2 fully saturated rings. The molecule has 4 heteroatoms. The van der Waals surface area contributed by atoms with Gasteiger partial charge in [0.1, 0.15) is 12.6 Å². The Bertz CT molecular complexity index is 299. The molecule has 0 radical (unpaired) electrons. The molecule has 0 bridgehead atoms. The number of nitriles is 1. The van der Waals surface area contributed by atoms with Crippen LogP contribution in [0.1, 0.15) is 44.9 Å². The summed E-state index contributed by atoms with van der Waals surface area (Å²) in [6.45, 7) is 0.894. The van der Waals surface area contributed by atoms with E-state index in [1.165, 1.54) is 12.8 Å². The fourth-order valence-electron chi connectivity index (χ4n) is 2.80. The average molecular weight is 236 g/mol. The summed E-state index contributed by atoms with van der Waals surface area (Å²) in [6, 6.07) is 2.39. The van der Waals surface area contributed by atoms with E-state index in [0.717, 1.165) is 32.1 Å². The zero-order valence-corrected chi connectivity index (χ0v) is 10.2. The Labute approximate surface area is 103 Å². The fraction of sp³-hybridized carbons (Fsp3) is 0.846. The molecule has 1 atom stereocenters. The lowest BCUT2D eigenvalue weighted by Crippen LogP contribution is -2.46. The van der Waals surface area contributed by atoms with E-state index in [2.05, 4.69) is 6.07 Å². The van der Waals surface area contributed by atoms with Crippen molar-refractivity contribution in [1.82, 2.24) is 4.90 Å². The second kappa shape index (κ2) is 6.02. The molecule has 0 spiro atoms. The lowest BCUT2D eigenvalue weighted by atomic mass is 10.1. The third kappa shape index (κ3) is 2.98. The van der Waals surface area contributed by atoms with Gasteiger partial charge in [-0.2, -0.15) is 5.26 Å². The molecule has 1 amide bonds. The lowest BCUT2D eigenvalue weighted by molar-refractivity contribution is -0.148. The first-order valence-corrected chi connectivity index (χ1v) is 6.62. The predicted molar refractivity (Wildman–Crippen MR) is 63.2 cm³/mol. The number of ether oxygens (including phenoxy) is 1. The van der Waals surface area contributed by atoms with E-state index < -0.39 is 0 Å². The molecule has 94 valence electrons. The molecule has 0 aromatic rings. The largest absolute Gasteiger partial charge is 0.368 e. The molecule has 0 aromatic heterocycles. The number of carbonyl (C=O) groups is 1. The topological polar surface area (TPSA) is 53.3 Å². The lowest BCUT2D eigenvalue weighted by Gasteiger charge is -2.31. The van der Waals surface area contributed by atoms with Gasteiger partial charge in [-0.15, -0.1) is 0 Å². The van der Waals surface area contributed by atoms with Gasteiger partial charge in [0.25, 0.3) is 5.91 Å². The fourth-order valence-corrected chi connectivity index (χ4v) is 2.80. The van der Waals surface area contributed by atoms with Gasteiger partial charge >= 0.3 is 0 Å². The highest BCUT2D eigenvalue weighted by Crippen LogP contribution is 2.25. The first-order chi connectivity index (χ1) is 8.33. The third-order valence-electron chi connectivity index (χ3n) is 3.74. The highest BCUT2D eigenvalue weighted by atomic mass is 16.5. The number of hydrogen-bond acceptors (Lipinski definition) is 3. The number of amides is 1. The smallest absolute Gasteiger partial charge is 0.252 e. The third-order valence-corrected chi connectivity index (χ3v) is 3.74. The first-order valence-electron chi connectivity index (χ1n) is 6.62. The minimum atomic E-state index is -0.294. The molecular weight excluding hydrogens is 216 g/mol. The monoisotopic (exact) mass is 236 g/mol. The van der Waals surface area contributed by atoms with Crippen molar-refractivity contribution in [2.75, 3.05) is 13.2 Å². The summed E-state index contributed by atoms with van der Waals surface area (Å²) in [5.74, 6) is 0.0400. The molecular formula is C13H20N2O2. The Hall–Kier alpha value is -1.08. The van der Waals surface area contributed by atoms with Crippen LogP contribution in [0.4, 0.5) is 0 Å². The van der Waals surface area contributed by atoms with Crippen LogP contribution in [-0.2, 0) is 9.53 Å². The Morgan fingerprint density at radius 1 is 1.24 bits per heavy atom. The molecule has 2 aliphatic rings. The minimum absolute atomic E-state index is 0.0400. The molecule has 1 unspecified atom stereocenters. The summed E-state index contributed by atoms with van der Waals surface area (Å²) in [7, 11) is 0. The van der Waals surface area contributed by atoms with Gasteiger partial charge in [-0.05, 0) is 32.1 Å². The van der Waals surface area contributed by atoms with Crippen LogP contribution in [0.3, 0.4) is 0 Å². The van der Waals surface area contributed by atoms with Crippen molar-refractivity contribution >= 4 is 5.91 Å². The number of hydrogen-bond donors (Lipinski definition) is 0. The normalized spacial score (nSPS) is 25.5. The van der Waals surface area contributed by atoms with Crippen LogP contribution in [0.25, 0.3) is 0 Å². The van der Waals surface area contributed by atoms with Crippen molar-refractivity contribution in [3.63, 3.8) is 0 Å². The highest BCUT2D eigenvalue weighted by Gasteiger charge is 2.32. The van der Waals surface area contributed by atoms with Crippen molar-refractivity contribution < 1.29 is 9.53 Å². The van der Waals surface area contributed by atoms with Crippen LogP contribution in [0.2, 0.25) is 0 Å². The van der Waals surface area contributed by atoms with Crippen LogP contribution in [-0.4, -0.2) is 36.1 Å².